The molecular weight excluding hydrogens is 326 g/mol. The molecule has 2 aliphatic rings. The molecule has 0 aliphatic carbocycles. The fourth-order valence-corrected chi connectivity index (χ4v) is 3.81. The van der Waals surface area contributed by atoms with Gasteiger partial charge in [0, 0.05) is 17.9 Å². The molecule has 0 aromatic heterocycles. The fraction of sp³-hybridized carbons (Fsp3) is 0.588. The zero-order valence-corrected chi connectivity index (χ0v) is 14.9. The van der Waals surface area contributed by atoms with Gasteiger partial charge in [0.1, 0.15) is 12.4 Å². The Hall–Kier alpha value is -1.76. The molecule has 0 radical (unpaired) electrons. The second kappa shape index (κ2) is 8.92. The number of nitrogens with one attached hydrogen (secondary N) is 2. The summed E-state index contributed by atoms with van der Waals surface area (Å²) in [6.07, 6.45) is 2.60. The first-order chi connectivity index (χ1) is 11.8. The SMILES string of the molecule is CCNC(=NCC1CCCS1)NCCOc1ccc2c(c1)OCO2. The van der Waals surface area contributed by atoms with Gasteiger partial charge in [0.2, 0.25) is 6.79 Å². The molecule has 2 N–H and O–H groups in total. The number of nitrogens with zero attached hydrogens (tertiary/aromatic N) is 1. The summed E-state index contributed by atoms with van der Waals surface area (Å²) >= 11 is 2.03. The molecule has 2 heterocycles. The second-order valence-electron chi connectivity index (χ2n) is 5.64. The van der Waals surface area contributed by atoms with Gasteiger partial charge in [-0.3, -0.25) is 4.99 Å². The van der Waals surface area contributed by atoms with Crippen LogP contribution in [0.1, 0.15) is 19.8 Å². The molecule has 2 aliphatic heterocycles. The molecule has 132 valence electrons. The van der Waals surface area contributed by atoms with E-state index in [2.05, 4.69) is 22.5 Å². The first kappa shape index (κ1) is 17.1. The van der Waals surface area contributed by atoms with Gasteiger partial charge in [-0.25, -0.2) is 0 Å². The van der Waals surface area contributed by atoms with Gasteiger partial charge in [-0.1, -0.05) is 0 Å². The quantitative estimate of drug-likeness (QED) is 0.446. The van der Waals surface area contributed by atoms with Crippen LogP contribution in [-0.4, -0.2) is 50.0 Å². The van der Waals surface area contributed by atoms with E-state index < -0.39 is 0 Å². The maximum absolute atomic E-state index is 5.75. The van der Waals surface area contributed by atoms with Crippen molar-refractivity contribution in [3.8, 4) is 17.2 Å². The number of thioether (sulfide) groups is 1. The van der Waals surface area contributed by atoms with Gasteiger partial charge in [0.05, 0.1) is 13.1 Å². The van der Waals surface area contributed by atoms with Crippen molar-refractivity contribution in [3.63, 3.8) is 0 Å². The van der Waals surface area contributed by atoms with Gasteiger partial charge >= 0.3 is 0 Å². The summed E-state index contributed by atoms with van der Waals surface area (Å²) < 4.78 is 16.4. The third kappa shape index (κ3) is 4.87. The zero-order chi connectivity index (χ0) is 16.6. The summed E-state index contributed by atoms with van der Waals surface area (Å²) in [5, 5.41) is 7.26. The van der Waals surface area contributed by atoms with E-state index in [9.17, 15) is 0 Å². The molecule has 1 fully saturated rings. The third-order valence-corrected chi connectivity index (χ3v) is 5.21. The Balaban J connectivity index is 1.40. The minimum atomic E-state index is 0.280. The van der Waals surface area contributed by atoms with E-state index in [0.29, 0.717) is 18.4 Å². The lowest BCUT2D eigenvalue weighted by Crippen LogP contribution is -2.39. The molecule has 0 saturated carbocycles. The molecule has 1 aromatic carbocycles. The van der Waals surface area contributed by atoms with Crippen molar-refractivity contribution in [3.05, 3.63) is 18.2 Å². The average Bonchev–Trinajstić information content (AvgIpc) is 3.27. The summed E-state index contributed by atoms with van der Waals surface area (Å²) in [6, 6.07) is 5.62. The number of guanidine groups is 1. The van der Waals surface area contributed by atoms with Gasteiger partial charge in [-0.05, 0) is 37.7 Å². The monoisotopic (exact) mass is 351 g/mol. The van der Waals surface area contributed by atoms with Gasteiger partial charge in [-0.2, -0.15) is 11.8 Å². The molecule has 0 spiro atoms. The molecule has 6 nitrogen and oxygen atoms in total. The van der Waals surface area contributed by atoms with Crippen LogP contribution in [-0.2, 0) is 0 Å². The Kier molecular flexibility index (Phi) is 6.34. The first-order valence-corrected chi connectivity index (χ1v) is 9.56. The van der Waals surface area contributed by atoms with Crippen LogP contribution in [0, 0.1) is 0 Å². The van der Waals surface area contributed by atoms with E-state index in [1.807, 2.05) is 30.0 Å². The van der Waals surface area contributed by atoms with Gasteiger partial charge in [-0.15, -0.1) is 0 Å². The summed E-state index contributed by atoms with van der Waals surface area (Å²) in [4.78, 5) is 4.67. The summed E-state index contributed by atoms with van der Waals surface area (Å²) in [7, 11) is 0. The van der Waals surface area contributed by atoms with Crippen LogP contribution in [0.5, 0.6) is 17.2 Å². The van der Waals surface area contributed by atoms with Crippen molar-refractivity contribution in [2.45, 2.75) is 25.0 Å². The van der Waals surface area contributed by atoms with E-state index in [1.54, 1.807) is 0 Å². The van der Waals surface area contributed by atoms with E-state index in [-0.39, 0.29) is 6.79 Å². The van der Waals surface area contributed by atoms with Crippen molar-refractivity contribution >= 4 is 17.7 Å². The largest absolute Gasteiger partial charge is 0.492 e. The van der Waals surface area contributed by atoms with Crippen LogP contribution in [0.25, 0.3) is 0 Å². The molecule has 24 heavy (non-hydrogen) atoms. The molecule has 0 amide bonds. The number of ether oxygens (including phenoxy) is 3. The second-order valence-corrected chi connectivity index (χ2v) is 7.05. The van der Waals surface area contributed by atoms with Crippen LogP contribution in [0.4, 0.5) is 0 Å². The van der Waals surface area contributed by atoms with Crippen molar-refractivity contribution in [2.24, 2.45) is 4.99 Å². The highest BCUT2D eigenvalue weighted by Crippen LogP contribution is 2.34. The highest BCUT2D eigenvalue weighted by Gasteiger charge is 2.15. The molecule has 1 aromatic rings. The molecule has 1 saturated heterocycles. The topological polar surface area (TPSA) is 64.1 Å². The van der Waals surface area contributed by atoms with Crippen LogP contribution in [0.15, 0.2) is 23.2 Å². The molecule has 1 atom stereocenters. The molecule has 3 rings (SSSR count). The number of fused-ring (bicyclic) bond motifs is 1. The minimum Gasteiger partial charge on any atom is -0.492 e. The summed E-state index contributed by atoms with van der Waals surface area (Å²) in [5.74, 6) is 4.42. The number of rotatable bonds is 7. The van der Waals surface area contributed by atoms with Crippen molar-refractivity contribution in [1.82, 2.24) is 10.6 Å². The van der Waals surface area contributed by atoms with E-state index >= 15 is 0 Å². The van der Waals surface area contributed by atoms with E-state index in [4.69, 9.17) is 14.2 Å². The van der Waals surface area contributed by atoms with Crippen molar-refractivity contribution in [2.75, 3.05) is 38.8 Å². The summed E-state index contributed by atoms with van der Waals surface area (Å²) in [5.41, 5.74) is 0. The number of hydrogen-bond acceptors (Lipinski definition) is 5. The maximum atomic E-state index is 5.75. The predicted octanol–water partition coefficient (Wildman–Crippen LogP) is 2.24. The third-order valence-electron chi connectivity index (χ3n) is 3.83. The Morgan fingerprint density at radius 2 is 2.25 bits per heavy atom. The number of hydrogen-bond donors (Lipinski definition) is 2. The van der Waals surface area contributed by atoms with E-state index in [1.165, 1.54) is 18.6 Å². The molecule has 0 bridgehead atoms. The highest BCUT2D eigenvalue weighted by atomic mass is 32.2. The lowest BCUT2D eigenvalue weighted by Gasteiger charge is -2.13. The first-order valence-electron chi connectivity index (χ1n) is 8.51. The Morgan fingerprint density at radius 3 is 3.08 bits per heavy atom. The smallest absolute Gasteiger partial charge is 0.231 e. The lowest BCUT2D eigenvalue weighted by molar-refractivity contribution is 0.173. The summed E-state index contributed by atoms with van der Waals surface area (Å²) in [6.45, 7) is 5.34. The standard InChI is InChI=1S/C17H25N3O3S/c1-2-18-17(20-11-14-4-3-9-24-14)19-7-8-21-13-5-6-15-16(10-13)23-12-22-15/h5-6,10,14H,2-4,7-9,11-12H2,1H3,(H2,18,19,20). The van der Waals surface area contributed by atoms with Crippen LogP contribution in [0.2, 0.25) is 0 Å². The maximum Gasteiger partial charge on any atom is 0.231 e. The Labute approximate surface area is 147 Å². The fourth-order valence-electron chi connectivity index (χ4n) is 2.63. The predicted molar refractivity (Wildman–Crippen MR) is 97.5 cm³/mol. The van der Waals surface area contributed by atoms with Gasteiger partial charge < -0.3 is 24.8 Å². The molecule has 1 unspecified atom stereocenters. The molecule has 7 heteroatoms. The minimum absolute atomic E-state index is 0.280. The zero-order valence-electron chi connectivity index (χ0n) is 14.0. The highest BCUT2D eigenvalue weighted by molar-refractivity contribution is 8.00. The Morgan fingerprint density at radius 1 is 1.33 bits per heavy atom. The number of benzene rings is 1. The number of aliphatic imine (C=N–C) groups is 1. The normalized spacial score (nSPS) is 19.4. The van der Waals surface area contributed by atoms with Crippen molar-refractivity contribution < 1.29 is 14.2 Å². The van der Waals surface area contributed by atoms with Crippen LogP contribution < -0.4 is 24.8 Å². The van der Waals surface area contributed by atoms with Crippen LogP contribution >= 0.6 is 11.8 Å². The van der Waals surface area contributed by atoms with Gasteiger partial charge in [0.25, 0.3) is 0 Å². The van der Waals surface area contributed by atoms with Gasteiger partial charge in [0.15, 0.2) is 17.5 Å². The Bertz CT molecular complexity index is 562. The molecular formula is C17H25N3O3S. The van der Waals surface area contributed by atoms with Crippen LogP contribution in [0.3, 0.4) is 0 Å². The van der Waals surface area contributed by atoms with E-state index in [0.717, 1.165) is 36.3 Å². The average molecular weight is 351 g/mol. The van der Waals surface area contributed by atoms with Crippen molar-refractivity contribution in [1.29, 1.82) is 0 Å². The lowest BCUT2D eigenvalue weighted by atomic mass is 10.2.